The molecule has 0 aliphatic rings. The molecule has 1 aromatic carbocycles. The number of benzene rings is 1. The van der Waals surface area contributed by atoms with Crippen molar-refractivity contribution in [2.75, 3.05) is 7.11 Å². The minimum absolute atomic E-state index is 0.350. The van der Waals surface area contributed by atoms with Crippen molar-refractivity contribution >= 4 is 12.0 Å². The smallest absolute Gasteiger partial charge is 0.328 e. The number of hydrogen-bond acceptors (Lipinski definition) is 4. The maximum absolute atomic E-state index is 10.5. The normalized spacial score (nSPS) is 10.6. The lowest BCUT2D eigenvalue weighted by atomic mass is 10.1. The number of methoxy groups -OCH3 is 1. The van der Waals surface area contributed by atoms with Crippen LogP contribution in [-0.4, -0.2) is 28.2 Å². The molecule has 0 amide bonds. The fourth-order valence-electron chi connectivity index (χ4n) is 1.54. The second-order valence-corrected chi connectivity index (χ2v) is 3.70. The molecule has 19 heavy (non-hydrogen) atoms. The first-order chi connectivity index (χ1) is 9.19. The molecule has 96 valence electrons. The van der Waals surface area contributed by atoms with E-state index in [4.69, 9.17) is 9.84 Å². The molecule has 0 aliphatic heterocycles. The van der Waals surface area contributed by atoms with E-state index in [1.807, 2.05) is 24.3 Å². The molecule has 1 N–H and O–H groups in total. The van der Waals surface area contributed by atoms with Crippen LogP contribution in [0.4, 0.5) is 0 Å². The van der Waals surface area contributed by atoms with Crippen molar-refractivity contribution in [3.05, 3.63) is 48.4 Å². The SMILES string of the molecule is COc1cccc(-c2ccnc(/C=C/C(=O)O)n2)c1. The largest absolute Gasteiger partial charge is 0.497 e. The van der Waals surface area contributed by atoms with Crippen molar-refractivity contribution in [2.45, 2.75) is 0 Å². The third-order valence-corrected chi connectivity index (χ3v) is 2.41. The minimum Gasteiger partial charge on any atom is -0.497 e. The summed E-state index contributed by atoms with van der Waals surface area (Å²) < 4.78 is 5.15. The molecule has 2 rings (SSSR count). The Balaban J connectivity index is 2.34. The Kier molecular flexibility index (Phi) is 3.87. The summed E-state index contributed by atoms with van der Waals surface area (Å²) in [7, 11) is 1.60. The third kappa shape index (κ3) is 3.38. The minimum atomic E-state index is -1.03. The summed E-state index contributed by atoms with van der Waals surface area (Å²) >= 11 is 0. The molecule has 0 unspecified atom stereocenters. The second kappa shape index (κ2) is 5.77. The highest BCUT2D eigenvalue weighted by molar-refractivity contribution is 5.84. The van der Waals surface area contributed by atoms with Crippen LogP contribution in [0.25, 0.3) is 17.3 Å². The molecule has 0 atom stereocenters. The average Bonchev–Trinajstić information content (AvgIpc) is 2.45. The van der Waals surface area contributed by atoms with Gasteiger partial charge in [0.2, 0.25) is 0 Å². The van der Waals surface area contributed by atoms with Gasteiger partial charge in [-0.15, -0.1) is 0 Å². The van der Waals surface area contributed by atoms with Gasteiger partial charge in [-0.25, -0.2) is 14.8 Å². The monoisotopic (exact) mass is 256 g/mol. The maximum atomic E-state index is 10.5. The fourth-order valence-corrected chi connectivity index (χ4v) is 1.54. The first-order valence-corrected chi connectivity index (χ1v) is 5.57. The lowest BCUT2D eigenvalue weighted by molar-refractivity contribution is -0.131. The van der Waals surface area contributed by atoms with Crippen LogP contribution in [0.1, 0.15) is 5.82 Å². The highest BCUT2D eigenvalue weighted by Crippen LogP contribution is 2.21. The topological polar surface area (TPSA) is 72.3 Å². The van der Waals surface area contributed by atoms with Crippen LogP contribution in [-0.2, 0) is 4.79 Å². The van der Waals surface area contributed by atoms with Gasteiger partial charge in [0.05, 0.1) is 12.8 Å². The van der Waals surface area contributed by atoms with E-state index in [0.29, 0.717) is 11.5 Å². The number of carbonyl (C=O) groups is 1. The van der Waals surface area contributed by atoms with E-state index < -0.39 is 5.97 Å². The van der Waals surface area contributed by atoms with Crippen molar-refractivity contribution in [1.29, 1.82) is 0 Å². The van der Waals surface area contributed by atoms with E-state index in [-0.39, 0.29) is 0 Å². The Hall–Kier alpha value is -2.69. The van der Waals surface area contributed by atoms with Gasteiger partial charge < -0.3 is 9.84 Å². The van der Waals surface area contributed by atoms with E-state index in [2.05, 4.69) is 9.97 Å². The number of carboxylic acids is 1. The maximum Gasteiger partial charge on any atom is 0.328 e. The molecule has 0 aliphatic carbocycles. The van der Waals surface area contributed by atoms with Crippen molar-refractivity contribution in [2.24, 2.45) is 0 Å². The average molecular weight is 256 g/mol. The van der Waals surface area contributed by atoms with Crippen molar-refractivity contribution < 1.29 is 14.6 Å². The zero-order valence-corrected chi connectivity index (χ0v) is 10.3. The Morgan fingerprint density at radius 1 is 1.37 bits per heavy atom. The van der Waals surface area contributed by atoms with Gasteiger partial charge in [0.1, 0.15) is 5.75 Å². The Bertz CT molecular complexity index is 624. The number of aromatic nitrogens is 2. The van der Waals surface area contributed by atoms with Gasteiger partial charge in [-0.05, 0) is 24.3 Å². The summed E-state index contributed by atoms with van der Waals surface area (Å²) in [6, 6.07) is 9.22. The molecule has 0 spiro atoms. The van der Waals surface area contributed by atoms with Gasteiger partial charge in [0.15, 0.2) is 5.82 Å². The Labute approximate surface area is 110 Å². The lowest BCUT2D eigenvalue weighted by Gasteiger charge is -2.04. The van der Waals surface area contributed by atoms with Crippen LogP contribution >= 0.6 is 0 Å². The number of nitrogens with zero attached hydrogens (tertiary/aromatic N) is 2. The van der Waals surface area contributed by atoms with Gasteiger partial charge in [-0.1, -0.05) is 12.1 Å². The molecular weight excluding hydrogens is 244 g/mol. The molecule has 0 fully saturated rings. The third-order valence-electron chi connectivity index (χ3n) is 2.41. The van der Waals surface area contributed by atoms with Gasteiger partial charge >= 0.3 is 5.97 Å². The van der Waals surface area contributed by atoms with E-state index >= 15 is 0 Å². The number of ether oxygens (including phenoxy) is 1. The lowest BCUT2D eigenvalue weighted by Crippen LogP contribution is -1.92. The van der Waals surface area contributed by atoms with Crippen LogP contribution in [0.15, 0.2) is 42.6 Å². The van der Waals surface area contributed by atoms with Crippen molar-refractivity contribution in [3.8, 4) is 17.0 Å². The molecule has 1 aromatic heterocycles. The van der Waals surface area contributed by atoms with Crippen LogP contribution in [0, 0.1) is 0 Å². The van der Waals surface area contributed by atoms with Crippen molar-refractivity contribution in [1.82, 2.24) is 9.97 Å². The zero-order valence-electron chi connectivity index (χ0n) is 10.3. The number of hydrogen-bond donors (Lipinski definition) is 1. The van der Waals surface area contributed by atoms with Crippen LogP contribution < -0.4 is 4.74 Å². The standard InChI is InChI=1S/C14H12N2O3/c1-19-11-4-2-3-10(9-11)12-7-8-15-13(16-12)5-6-14(17)18/h2-9H,1H3,(H,17,18)/b6-5+. The highest BCUT2D eigenvalue weighted by atomic mass is 16.5. The van der Waals surface area contributed by atoms with Crippen LogP contribution in [0.5, 0.6) is 5.75 Å². The second-order valence-electron chi connectivity index (χ2n) is 3.70. The summed E-state index contributed by atoms with van der Waals surface area (Å²) in [5, 5.41) is 8.57. The van der Waals surface area contributed by atoms with E-state index in [0.717, 1.165) is 17.4 Å². The number of carboxylic acid groups (broad SMARTS) is 1. The summed E-state index contributed by atoms with van der Waals surface area (Å²) in [5.74, 6) is 0.0526. The van der Waals surface area contributed by atoms with E-state index in [9.17, 15) is 4.79 Å². The predicted molar refractivity (Wildman–Crippen MR) is 70.7 cm³/mol. The van der Waals surface area contributed by atoms with E-state index in [1.54, 1.807) is 19.4 Å². The first-order valence-electron chi connectivity index (χ1n) is 5.57. The molecule has 2 aromatic rings. The molecule has 0 saturated carbocycles. The van der Waals surface area contributed by atoms with Crippen LogP contribution in [0.3, 0.4) is 0 Å². The molecule has 0 radical (unpaired) electrons. The summed E-state index contributed by atoms with van der Waals surface area (Å²) in [4.78, 5) is 18.7. The van der Waals surface area contributed by atoms with Gasteiger partial charge in [-0.3, -0.25) is 0 Å². The molecular formula is C14H12N2O3. The summed E-state index contributed by atoms with van der Waals surface area (Å²) in [5.41, 5.74) is 1.59. The van der Waals surface area contributed by atoms with Gasteiger partial charge in [0, 0.05) is 17.8 Å². The van der Waals surface area contributed by atoms with E-state index in [1.165, 1.54) is 6.08 Å². The molecule has 0 saturated heterocycles. The number of rotatable bonds is 4. The fraction of sp³-hybridized carbons (Fsp3) is 0.0714. The van der Waals surface area contributed by atoms with Crippen LogP contribution in [0.2, 0.25) is 0 Å². The summed E-state index contributed by atoms with van der Waals surface area (Å²) in [6.07, 6.45) is 3.94. The zero-order chi connectivity index (χ0) is 13.7. The molecule has 5 heteroatoms. The molecule has 1 heterocycles. The van der Waals surface area contributed by atoms with Gasteiger partial charge in [-0.2, -0.15) is 0 Å². The Morgan fingerprint density at radius 3 is 2.95 bits per heavy atom. The quantitative estimate of drug-likeness (QED) is 0.849. The van der Waals surface area contributed by atoms with Crippen molar-refractivity contribution in [3.63, 3.8) is 0 Å². The predicted octanol–water partition coefficient (Wildman–Crippen LogP) is 2.25. The molecule has 5 nitrogen and oxygen atoms in total. The summed E-state index contributed by atoms with van der Waals surface area (Å²) in [6.45, 7) is 0. The number of aliphatic carboxylic acids is 1. The highest BCUT2D eigenvalue weighted by Gasteiger charge is 2.02. The Morgan fingerprint density at radius 2 is 2.21 bits per heavy atom. The molecule has 0 bridgehead atoms. The van der Waals surface area contributed by atoms with Gasteiger partial charge in [0.25, 0.3) is 0 Å². The first kappa shape index (κ1) is 12.8.